The average molecular weight is 238 g/mol. The van der Waals surface area contributed by atoms with Crippen LogP contribution in [0.2, 0.25) is 0 Å². The van der Waals surface area contributed by atoms with Crippen LogP contribution in [0.5, 0.6) is 0 Å². The summed E-state index contributed by atoms with van der Waals surface area (Å²) in [6.07, 6.45) is 2.45. The Morgan fingerprint density at radius 1 is 1.53 bits per heavy atom. The molecule has 17 heavy (non-hydrogen) atoms. The minimum atomic E-state index is 0.530. The van der Waals surface area contributed by atoms with E-state index in [1.54, 1.807) is 0 Å². The van der Waals surface area contributed by atoms with Gasteiger partial charge in [-0.25, -0.2) is 0 Å². The third kappa shape index (κ3) is 3.26. The lowest BCUT2D eigenvalue weighted by Gasteiger charge is -2.38. The van der Waals surface area contributed by atoms with Crippen molar-refractivity contribution in [3.05, 3.63) is 11.7 Å². The standard InChI is InChI=1S/C12H22N4O/c1-4-5-11-7-16(9(2)6-13-11)8-12-14-10(3)17-15-12/h9,11,13H,4-8H2,1-3H3. The first-order valence-electron chi connectivity index (χ1n) is 6.45. The quantitative estimate of drug-likeness (QED) is 0.858. The number of aryl methyl sites for hydroxylation is 1. The molecule has 1 aromatic rings. The van der Waals surface area contributed by atoms with Crippen molar-refractivity contribution in [2.24, 2.45) is 0 Å². The van der Waals surface area contributed by atoms with E-state index in [1.165, 1.54) is 12.8 Å². The van der Waals surface area contributed by atoms with Gasteiger partial charge in [-0.05, 0) is 13.3 Å². The molecule has 0 aliphatic carbocycles. The van der Waals surface area contributed by atoms with Crippen LogP contribution in [0.1, 0.15) is 38.4 Å². The molecule has 1 aliphatic rings. The van der Waals surface area contributed by atoms with Gasteiger partial charge in [0.1, 0.15) is 0 Å². The van der Waals surface area contributed by atoms with Crippen LogP contribution in [-0.4, -0.2) is 40.2 Å². The van der Waals surface area contributed by atoms with Crippen LogP contribution >= 0.6 is 0 Å². The Morgan fingerprint density at radius 3 is 3.00 bits per heavy atom. The van der Waals surface area contributed by atoms with Gasteiger partial charge in [0.25, 0.3) is 0 Å². The van der Waals surface area contributed by atoms with E-state index in [4.69, 9.17) is 4.52 Å². The molecule has 1 aliphatic heterocycles. The maximum atomic E-state index is 5.01. The molecule has 5 heteroatoms. The van der Waals surface area contributed by atoms with Crippen molar-refractivity contribution in [1.82, 2.24) is 20.4 Å². The van der Waals surface area contributed by atoms with Crippen molar-refractivity contribution in [3.63, 3.8) is 0 Å². The molecule has 0 amide bonds. The molecule has 0 bridgehead atoms. The van der Waals surface area contributed by atoms with Crippen LogP contribution in [-0.2, 0) is 6.54 Å². The van der Waals surface area contributed by atoms with Gasteiger partial charge < -0.3 is 9.84 Å². The molecule has 96 valence electrons. The van der Waals surface area contributed by atoms with Crippen molar-refractivity contribution in [1.29, 1.82) is 0 Å². The number of hydrogen-bond donors (Lipinski definition) is 1. The number of aromatic nitrogens is 2. The van der Waals surface area contributed by atoms with Crippen LogP contribution in [0, 0.1) is 6.92 Å². The molecule has 0 saturated carbocycles. The van der Waals surface area contributed by atoms with E-state index < -0.39 is 0 Å². The first kappa shape index (κ1) is 12.5. The Hall–Kier alpha value is -0.940. The van der Waals surface area contributed by atoms with Gasteiger partial charge in [0.15, 0.2) is 5.82 Å². The summed E-state index contributed by atoms with van der Waals surface area (Å²) in [5.41, 5.74) is 0. The molecule has 1 aromatic heterocycles. The molecule has 1 N–H and O–H groups in total. The number of nitrogens with one attached hydrogen (secondary N) is 1. The summed E-state index contributed by atoms with van der Waals surface area (Å²) in [5, 5.41) is 7.55. The molecule has 2 unspecified atom stereocenters. The minimum absolute atomic E-state index is 0.530. The van der Waals surface area contributed by atoms with Gasteiger partial charge in [0.2, 0.25) is 5.89 Å². The molecule has 1 fully saturated rings. The highest BCUT2D eigenvalue weighted by atomic mass is 16.5. The second-order valence-corrected chi connectivity index (χ2v) is 4.90. The van der Waals surface area contributed by atoms with Crippen molar-refractivity contribution in [2.45, 2.75) is 52.2 Å². The SMILES string of the molecule is CCCC1CN(Cc2noc(C)n2)C(C)CN1. The fourth-order valence-corrected chi connectivity index (χ4v) is 2.34. The molecule has 2 rings (SSSR count). The Balaban J connectivity index is 1.93. The Morgan fingerprint density at radius 2 is 2.35 bits per heavy atom. The maximum absolute atomic E-state index is 5.01. The highest BCUT2D eigenvalue weighted by Gasteiger charge is 2.25. The summed E-state index contributed by atoms with van der Waals surface area (Å²) in [5.74, 6) is 1.44. The fourth-order valence-electron chi connectivity index (χ4n) is 2.34. The highest BCUT2D eigenvalue weighted by Crippen LogP contribution is 2.13. The minimum Gasteiger partial charge on any atom is -0.340 e. The fraction of sp³-hybridized carbons (Fsp3) is 0.833. The van der Waals surface area contributed by atoms with E-state index in [9.17, 15) is 0 Å². The molecule has 0 spiro atoms. The second kappa shape index (κ2) is 5.60. The van der Waals surface area contributed by atoms with Gasteiger partial charge in [-0.1, -0.05) is 18.5 Å². The van der Waals surface area contributed by atoms with E-state index >= 15 is 0 Å². The first-order valence-corrected chi connectivity index (χ1v) is 6.45. The lowest BCUT2D eigenvalue weighted by Crippen LogP contribution is -2.54. The average Bonchev–Trinajstić information content (AvgIpc) is 2.69. The molecule has 0 aromatic carbocycles. The normalized spacial score (nSPS) is 26.3. The van der Waals surface area contributed by atoms with Crippen molar-refractivity contribution < 1.29 is 4.52 Å². The maximum Gasteiger partial charge on any atom is 0.223 e. The molecular formula is C12H22N4O. The summed E-state index contributed by atoms with van der Waals surface area (Å²) in [4.78, 5) is 6.70. The Bertz CT molecular complexity index is 352. The zero-order chi connectivity index (χ0) is 12.3. The highest BCUT2D eigenvalue weighted by molar-refractivity contribution is 4.89. The van der Waals surface area contributed by atoms with Gasteiger partial charge >= 0.3 is 0 Å². The second-order valence-electron chi connectivity index (χ2n) is 4.90. The van der Waals surface area contributed by atoms with Gasteiger partial charge in [0.05, 0.1) is 6.54 Å². The molecule has 0 radical (unpaired) electrons. The van der Waals surface area contributed by atoms with Gasteiger partial charge in [-0.15, -0.1) is 0 Å². The summed E-state index contributed by atoms with van der Waals surface area (Å²) in [6.45, 7) is 9.21. The van der Waals surface area contributed by atoms with E-state index in [1.807, 2.05) is 6.92 Å². The van der Waals surface area contributed by atoms with E-state index in [-0.39, 0.29) is 0 Å². The zero-order valence-electron chi connectivity index (χ0n) is 10.9. The number of hydrogen-bond acceptors (Lipinski definition) is 5. The number of piperazine rings is 1. The van der Waals surface area contributed by atoms with Gasteiger partial charge in [-0.2, -0.15) is 4.98 Å². The predicted molar refractivity (Wildman–Crippen MR) is 65.6 cm³/mol. The van der Waals surface area contributed by atoms with Crippen LogP contribution in [0.4, 0.5) is 0 Å². The van der Waals surface area contributed by atoms with Crippen LogP contribution in [0.15, 0.2) is 4.52 Å². The van der Waals surface area contributed by atoms with Crippen molar-refractivity contribution in [3.8, 4) is 0 Å². The van der Waals surface area contributed by atoms with Gasteiger partial charge in [-0.3, -0.25) is 4.90 Å². The topological polar surface area (TPSA) is 54.2 Å². The van der Waals surface area contributed by atoms with Crippen LogP contribution in [0.3, 0.4) is 0 Å². The zero-order valence-corrected chi connectivity index (χ0v) is 10.9. The lowest BCUT2D eigenvalue weighted by atomic mass is 10.1. The lowest BCUT2D eigenvalue weighted by molar-refractivity contribution is 0.125. The van der Waals surface area contributed by atoms with Crippen LogP contribution in [0.25, 0.3) is 0 Å². The van der Waals surface area contributed by atoms with Crippen LogP contribution < -0.4 is 5.32 Å². The smallest absolute Gasteiger partial charge is 0.223 e. The molecule has 2 heterocycles. The third-order valence-electron chi connectivity index (χ3n) is 3.33. The van der Waals surface area contributed by atoms with Crippen molar-refractivity contribution >= 4 is 0 Å². The monoisotopic (exact) mass is 238 g/mol. The summed E-state index contributed by atoms with van der Waals surface area (Å²) in [7, 11) is 0. The first-order chi connectivity index (χ1) is 8.19. The van der Waals surface area contributed by atoms with Gasteiger partial charge in [0, 0.05) is 32.1 Å². The Labute approximate surface area is 103 Å². The summed E-state index contributed by atoms with van der Waals surface area (Å²) < 4.78 is 5.01. The molecular weight excluding hydrogens is 216 g/mol. The third-order valence-corrected chi connectivity index (χ3v) is 3.33. The molecule has 5 nitrogen and oxygen atoms in total. The summed E-state index contributed by atoms with van der Waals surface area (Å²) >= 11 is 0. The van der Waals surface area contributed by atoms with E-state index in [0.29, 0.717) is 18.0 Å². The Kier molecular flexibility index (Phi) is 4.12. The van der Waals surface area contributed by atoms with Crippen molar-refractivity contribution in [2.75, 3.05) is 13.1 Å². The molecule has 1 saturated heterocycles. The van der Waals surface area contributed by atoms with E-state index in [0.717, 1.165) is 25.5 Å². The molecule has 2 atom stereocenters. The summed E-state index contributed by atoms with van der Waals surface area (Å²) in [6, 6.07) is 1.13. The van der Waals surface area contributed by atoms with E-state index in [2.05, 4.69) is 34.2 Å². The number of rotatable bonds is 4. The largest absolute Gasteiger partial charge is 0.340 e. The number of nitrogens with zero attached hydrogens (tertiary/aromatic N) is 3. The predicted octanol–water partition coefficient (Wildman–Crippen LogP) is 1.34.